The molecule has 0 saturated heterocycles. The van der Waals surface area contributed by atoms with Crippen LogP contribution in [0, 0.1) is 11.3 Å². The van der Waals surface area contributed by atoms with Crippen LogP contribution < -0.4 is 4.90 Å². The number of fused-ring (bicyclic) bond motifs is 1. The lowest BCUT2D eigenvalue weighted by Gasteiger charge is -2.26. The second kappa shape index (κ2) is 5.95. The zero-order valence-electron chi connectivity index (χ0n) is 12.8. The average Bonchev–Trinajstić information content (AvgIpc) is 3.30. The van der Waals surface area contributed by atoms with Gasteiger partial charge < -0.3 is 4.57 Å². The van der Waals surface area contributed by atoms with Gasteiger partial charge in [-0.2, -0.15) is 5.26 Å². The normalized spacial score (nSPS) is 13.4. The zero-order valence-corrected chi connectivity index (χ0v) is 13.7. The Morgan fingerprint density at radius 2 is 2.17 bits per heavy atom. The summed E-state index contributed by atoms with van der Waals surface area (Å²) in [6, 6.07) is 13.2. The number of nitriles is 1. The Kier molecular flexibility index (Phi) is 3.63. The number of rotatable bonds is 2. The SMILES string of the molecule is N#Cc1cccc(-c2cn3c(n2)N(C(=O)c2cccs2)CCC3)c1. The molecule has 0 spiro atoms. The highest BCUT2D eigenvalue weighted by molar-refractivity contribution is 7.12. The maximum atomic E-state index is 12.7. The smallest absolute Gasteiger partial charge is 0.270 e. The number of benzene rings is 1. The number of hydrogen-bond donors (Lipinski definition) is 0. The summed E-state index contributed by atoms with van der Waals surface area (Å²) >= 11 is 1.44. The molecular formula is C18H14N4OS. The molecule has 1 aliphatic rings. The standard InChI is InChI=1S/C18H14N4OS/c19-11-13-4-1-5-14(10-13)15-12-21-7-3-8-22(18(21)20-15)17(23)16-6-2-9-24-16/h1-2,4-6,9-10,12H,3,7-8H2. The van der Waals surface area contributed by atoms with E-state index in [0.29, 0.717) is 18.1 Å². The van der Waals surface area contributed by atoms with Crippen LogP contribution in [0.1, 0.15) is 21.7 Å². The van der Waals surface area contributed by atoms with Gasteiger partial charge in [0.2, 0.25) is 5.95 Å². The van der Waals surface area contributed by atoms with Crippen molar-refractivity contribution < 1.29 is 4.79 Å². The van der Waals surface area contributed by atoms with E-state index in [-0.39, 0.29) is 5.91 Å². The Morgan fingerprint density at radius 3 is 2.96 bits per heavy atom. The van der Waals surface area contributed by atoms with Crippen molar-refractivity contribution in [3.8, 4) is 17.3 Å². The summed E-state index contributed by atoms with van der Waals surface area (Å²) in [4.78, 5) is 19.8. The number of hydrogen-bond acceptors (Lipinski definition) is 4. The van der Waals surface area contributed by atoms with Crippen LogP contribution in [0.25, 0.3) is 11.3 Å². The van der Waals surface area contributed by atoms with E-state index in [1.807, 2.05) is 46.5 Å². The molecule has 6 heteroatoms. The fourth-order valence-corrected chi connectivity index (χ4v) is 3.57. The van der Waals surface area contributed by atoms with Gasteiger partial charge in [0.15, 0.2) is 0 Å². The molecular weight excluding hydrogens is 320 g/mol. The van der Waals surface area contributed by atoms with Crippen LogP contribution in [0.5, 0.6) is 0 Å². The molecule has 1 amide bonds. The fraction of sp³-hybridized carbons (Fsp3) is 0.167. The first-order valence-electron chi connectivity index (χ1n) is 7.69. The van der Waals surface area contributed by atoms with Gasteiger partial charge >= 0.3 is 0 Å². The van der Waals surface area contributed by atoms with Crippen LogP contribution in [0.15, 0.2) is 48.0 Å². The monoisotopic (exact) mass is 334 g/mol. The van der Waals surface area contributed by atoms with Gasteiger partial charge in [0.1, 0.15) is 0 Å². The number of nitrogens with zero attached hydrogens (tertiary/aromatic N) is 4. The maximum Gasteiger partial charge on any atom is 0.270 e. The van der Waals surface area contributed by atoms with E-state index >= 15 is 0 Å². The van der Waals surface area contributed by atoms with Crippen LogP contribution in [-0.4, -0.2) is 22.0 Å². The Balaban J connectivity index is 1.73. The maximum absolute atomic E-state index is 12.7. The Bertz CT molecular complexity index is 936. The number of carbonyl (C=O) groups is 1. The molecule has 3 aromatic rings. The van der Waals surface area contributed by atoms with E-state index in [4.69, 9.17) is 5.26 Å². The molecule has 3 heterocycles. The summed E-state index contributed by atoms with van der Waals surface area (Å²) in [5.74, 6) is 0.672. The van der Waals surface area contributed by atoms with Crippen molar-refractivity contribution in [2.24, 2.45) is 0 Å². The van der Waals surface area contributed by atoms with Gasteiger partial charge in [-0.1, -0.05) is 18.2 Å². The topological polar surface area (TPSA) is 61.9 Å². The van der Waals surface area contributed by atoms with Gasteiger partial charge in [-0.25, -0.2) is 4.98 Å². The molecule has 0 unspecified atom stereocenters. The summed E-state index contributed by atoms with van der Waals surface area (Å²) in [6.07, 6.45) is 2.86. The molecule has 5 nitrogen and oxygen atoms in total. The largest absolute Gasteiger partial charge is 0.316 e. The number of amides is 1. The highest BCUT2D eigenvalue weighted by Crippen LogP contribution is 2.28. The van der Waals surface area contributed by atoms with Gasteiger partial charge in [-0.3, -0.25) is 9.69 Å². The number of imidazole rings is 1. The molecule has 0 fully saturated rings. The molecule has 2 aromatic heterocycles. The van der Waals surface area contributed by atoms with Crippen molar-refractivity contribution in [1.82, 2.24) is 9.55 Å². The Morgan fingerprint density at radius 1 is 1.25 bits per heavy atom. The summed E-state index contributed by atoms with van der Waals surface area (Å²) in [7, 11) is 0. The predicted octanol–water partition coefficient (Wildman–Crippen LogP) is 3.53. The van der Waals surface area contributed by atoms with E-state index in [0.717, 1.165) is 29.1 Å². The third-order valence-corrected chi connectivity index (χ3v) is 4.90. The lowest BCUT2D eigenvalue weighted by atomic mass is 10.1. The third kappa shape index (κ3) is 2.49. The molecule has 4 rings (SSSR count). The predicted molar refractivity (Wildman–Crippen MR) is 93.0 cm³/mol. The number of aryl methyl sites for hydroxylation is 1. The molecule has 0 N–H and O–H groups in total. The van der Waals surface area contributed by atoms with Gasteiger partial charge in [0.05, 0.1) is 22.2 Å². The molecule has 0 radical (unpaired) electrons. The molecule has 1 aliphatic heterocycles. The van der Waals surface area contributed by atoms with E-state index in [1.165, 1.54) is 11.3 Å². The van der Waals surface area contributed by atoms with Crippen LogP contribution in [0.2, 0.25) is 0 Å². The van der Waals surface area contributed by atoms with Crippen molar-refractivity contribution in [2.45, 2.75) is 13.0 Å². The van der Waals surface area contributed by atoms with Crippen molar-refractivity contribution in [3.05, 3.63) is 58.4 Å². The van der Waals surface area contributed by atoms with Crippen molar-refractivity contribution >= 4 is 23.2 Å². The second-order valence-electron chi connectivity index (χ2n) is 5.60. The van der Waals surface area contributed by atoms with E-state index in [2.05, 4.69) is 11.1 Å². The number of aromatic nitrogens is 2. The van der Waals surface area contributed by atoms with E-state index in [9.17, 15) is 4.79 Å². The van der Waals surface area contributed by atoms with Gasteiger partial charge in [-0.05, 0) is 30.0 Å². The minimum absolute atomic E-state index is 0.00567. The number of anilines is 1. The molecule has 24 heavy (non-hydrogen) atoms. The van der Waals surface area contributed by atoms with E-state index in [1.54, 1.807) is 11.0 Å². The summed E-state index contributed by atoms with van der Waals surface area (Å²) in [5.41, 5.74) is 2.28. The summed E-state index contributed by atoms with van der Waals surface area (Å²) in [5, 5.41) is 11.0. The van der Waals surface area contributed by atoms with Crippen LogP contribution in [-0.2, 0) is 6.54 Å². The summed E-state index contributed by atoms with van der Waals surface area (Å²) in [6.45, 7) is 1.51. The Hall–Kier alpha value is -2.91. The zero-order chi connectivity index (χ0) is 16.5. The first-order valence-corrected chi connectivity index (χ1v) is 8.57. The van der Waals surface area contributed by atoms with Crippen LogP contribution in [0.3, 0.4) is 0 Å². The first-order chi connectivity index (χ1) is 11.8. The van der Waals surface area contributed by atoms with Gasteiger partial charge in [0, 0.05) is 24.8 Å². The van der Waals surface area contributed by atoms with Gasteiger partial charge in [0.25, 0.3) is 5.91 Å². The lowest BCUT2D eigenvalue weighted by Crippen LogP contribution is -2.37. The van der Waals surface area contributed by atoms with Gasteiger partial charge in [-0.15, -0.1) is 11.3 Å². The van der Waals surface area contributed by atoms with Crippen LogP contribution >= 0.6 is 11.3 Å². The van der Waals surface area contributed by atoms with Crippen LogP contribution in [0.4, 0.5) is 5.95 Å². The molecule has 0 aliphatic carbocycles. The minimum Gasteiger partial charge on any atom is -0.316 e. The molecule has 1 aromatic carbocycles. The average molecular weight is 334 g/mol. The minimum atomic E-state index is -0.00567. The van der Waals surface area contributed by atoms with Crippen molar-refractivity contribution in [1.29, 1.82) is 5.26 Å². The quantitative estimate of drug-likeness (QED) is 0.720. The highest BCUT2D eigenvalue weighted by Gasteiger charge is 2.26. The van der Waals surface area contributed by atoms with Crippen molar-refractivity contribution in [2.75, 3.05) is 11.4 Å². The molecule has 0 bridgehead atoms. The third-order valence-electron chi connectivity index (χ3n) is 4.04. The molecule has 0 atom stereocenters. The fourth-order valence-electron chi connectivity index (χ4n) is 2.90. The first kappa shape index (κ1) is 14.7. The highest BCUT2D eigenvalue weighted by atomic mass is 32.1. The molecule has 0 saturated carbocycles. The Labute approximate surface area is 143 Å². The van der Waals surface area contributed by atoms with Crippen molar-refractivity contribution in [3.63, 3.8) is 0 Å². The molecule has 118 valence electrons. The van der Waals surface area contributed by atoms with E-state index < -0.39 is 0 Å². The lowest BCUT2D eigenvalue weighted by molar-refractivity contribution is 0.0985. The number of thiophene rings is 1. The summed E-state index contributed by atoms with van der Waals surface area (Å²) < 4.78 is 2.02. The number of carbonyl (C=O) groups excluding carboxylic acids is 1. The second-order valence-corrected chi connectivity index (χ2v) is 6.55.